The molecule has 8 heteroatoms. The highest BCUT2D eigenvalue weighted by Gasteiger charge is 2.15. The zero-order valence-corrected chi connectivity index (χ0v) is 17.0. The highest BCUT2D eigenvalue weighted by molar-refractivity contribution is 8.76. The van der Waals surface area contributed by atoms with Gasteiger partial charge in [0.1, 0.15) is 11.8 Å². The van der Waals surface area contributed by atoms with Gasteiger partial charge in [0, 0.05) is 17.9 Å². The molecule has 5 nitrogen and oxygen atoms in total. The molecule has 0 aliphatic carbocycles. The van der Waals surface area contributed by atoms with Gasteiger partial charge in [-0.05, 0) is 26.7 Å². The fourth-order valence-electron chi connectivity index (χ4n) is 0.883. The Hall–Kier alpha value is -1.02. The molecule has 0 bridgehead atoms. The number of alkyl halides is 1. The fraction of sp³-hybridized carbons (Fsp3) is 0.688. The molecule has 0 heterocycles. The average molecular weight is 386 g/mol. The number of allylic oxidation sites excluding steroid dienone is 1. The second-order valence-electron chi connectivity index (χ2n) is 4.14. The van der Waals surface area contributed by atoms with E-state index in [-0.39, 0.29) is 5.78 Å². The molecule has 144 valence electrons. The Balaban J connectivity index is -0.000000151. The summed E-state index contributed by atoms with van der Waals surface area (Å²) in [5.74, 6) is 0.700. The van der Waals surface area contributed by atoms with Crippen LogP contribution in [-0.2, 0) is 14.4 Å². The molecule has 0 aromatic heterocycles. The van der Waals surface area contributed by atoms with E-state index in [1.54, 1.807) is 23.8 Å². The van der Waals surface area contributed by atoms with Crippen molar-refractivity contribution in [2.24, 2.45) is 0 Å². The lowest BCUT2D eigenvalue weighted by Crippen LogP contribution is -2.37. The number of hydrogen-bond acceptors (Lipinski definition) is 5. The van der Waals surface area contributed by atoms with Crippen molar-refractivity contribution in [1.29, 1.82) is 0 Å². The standard InChI is InChI=1S/C7H13NO3S2.C5H10O.C3H6.CH3F/c1-2-3-12-13-4-6(7(10)11)8-5-9;1-3-4-5(2)6;1-3-2;1-2/h5-6H,2-4H2,1H3,(H,8,9)(H,10,11);3-4H2,1-2H3;3H,1H2,2H3;1H3. The highest BCUT2D eigenvalue weighted by Crippen LogP contribution is 2.22. The Morgan fingerprint density at radius 3 is 2.00 bits per heavy atom. The van der Waals surface area contributed by atoms with Crippen molar-refractivity contribution < 1.29 is 23.9 Å². The van der Waals surface area contributed by atoms with Crippen LogP contribution < -0.4 is 5.32 Å². The Labute approximate surface area is 153 Å². The number of nitrogens with one attached hydrogen (secondary N) is 1. The van der Waals surface area contributed by atoms with E-state index in [0.717, 1.165) is 25.0 Å². The van der Waals surface area contributed by atoms with Crippen LogP contribution in [0.2, 0.25) is 0 Å². The lowest BCUT2D eigenvalue weighted by atomic mass is 10.3. The summed E-state index contributed by atoms with van der Waals surface area (Å²) in [6, 6.07) is -0.771. The van der Waals surface area contributed by atoms with Gasteiger partial charge in [-0.2, -0.15) is 0 Å². The molecule has 0 radical (unpaired) electrons. The van der Waals surface area contributed by atoms with E-state index >= 15 is 0 Å². The molecule has 0 saturated heterocycles. The third-order valence-corrected chi connectivity index (χ3v) is 4.39. The molecule has 0 saturated carbocycles. The second kappa shape index (κ2) is 29.9. The van der Waals surface area contributed by atoms with E-state index < -0.39 is 12.0 Å². The second-order valence-corrected chi connectivity index (χ2v) is 6.77. The minimum atomic E-state index is -0.989. The maximum Gasteiger partial charge on any atom is 0.327 e. The van der Waals surface area contributed by atoms with E-state index in [1.807, 2.05) is 13.8 Å². The van der Waals surface area contributed by atoms with Crippen molar-refractivity contribution in [3.8, 4) is 0 Å². The summed E-state index contributed by atoms with van der Waals surface area (Å²) in [4.78, 5) is 30.6. The fourth-order valence-corrected chi connectivity index (χ4v) is 3.19. The first-order chi connectivity index (χ1) is 11.4. The van der Waals surface area contributed by atoms with Gasteiger partial charge < -0.3 is 15.2 Å². The molecule has 0 aliphatic heterocycles. The number of carbonyl (C=O) groups excluding carboxylic acids is 2. The van der Waals surface area contributed by atoms with Crippen molar-refractivity contribution in [2.75, 3.05) is 18.7 Å². The molecule has 1 atom stereocenters. The quantitative estimate of drug-likeness (QED) is 0.255. The van der Waals surface area contributed by atoms with Crippen molar-refractivity contribution >= 4 is 39.8 Å². The first-order valence-electron chi connectivity index (χ1n) is 7.52. The maximum absolute atomic E-state index is 10.5. The van der Waals surface area contributed by atoms with Crippen LogP contribution in [0.3, 0.4) is 0 Å². The summed E-state index contributed by atoms with van der Waals surface area (Å²) in [6.45, 7) is 10.9. The van der Waals surface area contributed by atoms with Crippen molar-refractivity contribution in [3.05, 3.63) is 12.7 Å². The number of aliphatic carboxylic acids is 1. The third-order valence-electron chi connectivity index (χ3n) is 1.77. The van der Waals surface area contributed by atoms with Crippen LogP contribution in [0.25, 0.3) is 0 Å². The van der Waals surface area contributed by atoms with Gasteiger partial charge >= 0.3 is 5.97 Å². The van der Waals surface area contributed by atoms with Gasteiger partial charge in [0.15, 0.2) is 0 Å². The Kier molecular flexibility index (Phi) is 38.4. The molecular formula is C16H32FNO4S2. The van der Waals surface area contributed by atoms with Gasteiger partial charge in [-0.1, -0.05) is 41.5 Å². The highest BCUT2D eigenvalue weighted by atomic mass is 33.1. The molecule has 1 amide bonds. The zero-order valence-electron chi connectivity index (χ0n) is 15.3. The minimum Gasteiger partial charge on any atom is -0.480 e. The summed E-state index contributed by atoms with van der Waals surface area (Å²) in [6.07, 6.45) is 4.95. The largest absolute Gasteiger partial charge is 0.480 e. The molecule has 1 unspecified atom stereocenters. The van der Waals surface area contributed by atoms with Crippen LogP contribution in [0.1, 0.15) is 47.0 Å². The summed E-state index contributed by atoms with van der Waals surface area (Å²) in [5.41, 5.74) is 0. The molecule has 0 spiro atoms. The lowest BCUT2D eigenvalue weighted by molar-refractivity contribution is -0.139. The lowest BCUT2D eigenvalue weighted by Gasteiger charge is -2.09. The normalized spacial score (nSPS) is 9.42. The number of carbonyl (C=O) groups is 3. The van der Waals surface area contributed by atoms with E-state index in [2.05, 4.69) is 18.8 Å². The topological polar surface area (TPSA) is 83.5 Å². The van der Waals surface area contributed by atoms with E-state index in [4.69, 9.17) is 5.11 Å². The van der Waals surface area contributed by atoms with Gasteiger partial charge in [-0.3, -0.25) is 9.18 Å². The van der Waals surface area contributed by atoms with Crippen LogP contribution in [0, 0.1) is 0 Å². The molecule has 2 N–H and O–H groups in total. The van der Waals surface area contributed by atoms with Crippen LogP contribution in [-0.4, -0.2) is 48.0 Å². The minimum absolute atomic E-state index is 0.289. The number of halogens is 1. The summed E-state index contributed by atoms with van der Waals surface area (Å²) in [5, 5.41) is 10.9. The molecule has 0 aliphatic rings. The van der Waals surface area contributed by atoms with E-state index in [0.29, 0.717) is 19.3 Å². The molecule has 0 fully saturated rings. The van der Waals surface area contributed by atoms with Gasteiger partial charge in [0.2, 0.25) is 6.41 Å². The number of ketones is 1. The van der Waals surface area contributed by atoms with Crippen LogP contribution in [0.4, 0.5) is 4.39 Å². The van der Waals surface area contributed by atoms with Gasteiger partial charge in [0.05, 0.1) is 7.18 Å². The van der Waals surface area contributed by atoms with Crippen LogP contribution in [0.15, 0.2) is 12.7 Å². The molecule has 0 aromatic carbocycles. The average Bonchev–Trinajstić information content (AvgIpc) is 2.53. The number of Topliss-reactive ketones (excluding diaryl/α,β-unsaturated/α-hetero) is 1. The molecular weight excluding hydrogens is 353 g/mol. The first-order valence-corrected chi connectivity index (χ1v) is 10.0. The molecule has 0 aromatic rings. The number of amides is 1. The molecule has 24 heavy (non-hydrogen) atoms. The smallest absolute Gasteiger partial charge is 0.327 e. The van der Waals surface area contributed by atoms with E-state index in [1.165, 1.54) is 10.8 Å². The van der Waals surface area contributed by atoms with E-state index in [9.17, 15) is 18.8 Å². The van der Waals surface area contributed by atoms with Gasteiger partial charge in [-0.25, -0.2) is 4.79 Å². The number of carboxylic acid groups (broad SMARTS) is 1. The third kappa shape index (κ3) is 37.3. The number of rotatable bonds is 10. The van der Waals surface area contributed by atoms with Crippen molar-refractivity contribution in [1.82, 2.24) is 5.32 Å². The van der Waals surface area contributed by atoms with Crippen molar-refractivity contribution in [3.63, 3.8) is 0 Å². The number of hydrogen-bond donors (Lipinski definition) is 2. The predicted octanol–water partition coefficient (Wildman–Crippen LogP) is 4.13. The summed E-state index contributed by atoms with van der Waals surface area (Å²) < 4.78 is 9.50. The van der Waals surface area contributed by atoms with Crippen molar-refractivity contribution in [2.45, 2.75) is 53.0 Å². The summed E-state index contributed by atoms with van der Waals surface area (Å²) in [7, 11) is 3.59. The monoisotopic (exact) mass is 385 g/mol. The number of carboxylic acids is 1. The Bertz CT molecular complexity index is 306. The maximum atomic E-state index is 10.5. The Morgan fingerprint density at radius 1 is 1.25 bits per heavy atom. The van der Waals surface area contributed by atoms with Gasteiger partial charge in [-0.15, -0.1) is 6.58 Å². The zero-order chi connectivity index (χ0) is 19.8. The summed E-state index contributed by atoms with van der Waals surface area (Å²) >= 11 is 0. The Morgan fingerprint density at radius 2 is 1.75 bits per heavy atom. The van der Waals surface area contributed by atoms with Crippen LogP contribution in [0.5, 0.6) is 0 Å². The van der Waals surface area contributed by atoms with Gasteiger partial charge in [0.25, 0.3) is 0 Å². The molecule has 0 rings (SSSR count). The first kappa shape index (κ1) is 30.8. The SMILES string of the molecule is C=CC.CCCC(C)=O.CCCSSCC(NC=O)C(=O)O.CF. The van der Waals surface area contributed by atoms with Crippen LogP contribution >= 0.6 is 21.6 Å². The predicted molar refractivity (Wildman–Crippen MR) is 104 cm³/mol.